The van der Waals surface area contributed by atoms with Crippen molar-refractivity contribution in [1.82, 2.24) is 9.97 Å². The second kappa shape index (κ2) is 5.25. The number of rotatable bonds is 2. The lowest BCUT2D eigenvalue weighted by Crippen LogP contribution is -2.09. The normalized spacial score (nSPS) is 11.1. The van der Waals surface area contributed by atoms with Gasteiger partial charge in [-0.1, -0.05) is 42.5 Å². The summed E-state index contributed by atoms with van der Waals surface area (Å²) < 4.78 is 0. The van der Waals surface area contributed by atoms with Gasteiger partial charge in [0.25, 0.3) is 5.56 Å². The number of benzene rings is 3. The second-order valence-electron chi connectivity index (χ2n) is 5.61. The van der Waals surface area contributed by atoms with E-state index in [2.05, 4.69) is 46.4 Å². The molecule has 4 nitrogen and oxygen atoms in total. The molecule has 0 unspecified atom stereocenters. The van der Waals surface area contributed by atoms with Gasteiger partial charge in [-0.15, -0.1) is 0 Å². The number of hydrogen-bond donors (Lipinski definition) is 2. The predicted octanol–water partition coefficient (Wildman–Crippen LogP) is 3.37. The molecule has 23 heavy (non-hydrogen) atoms. The van der Waals surface area contributed by atoms with Gasteiger partial charge in [-0.2, -0.15) is 4.98 Å². The molecule has 4 aromatic rings. The van der Waals surface area contributed by atoms with Gasteiger partial charge in [0, 0.05) is 6.42 Å². The van der Waals surface area contributed by atoms with Crippen LogP contribution in [0.4, 0.5) is 0 Å². The van der Waals surface area contributed by atoms with Gasteiger partial charge in [0.2, 0.25) is 5.88 Å². The van der Waals surface area contributed by atoms with Gasteiger partial charge in [0.1, 0.15) is 5.82 Å². The highest BCUT2D eigenvalue weighted by molar-refractivity contribution is 5.98. The first-order chi connectivity index (χ1) is 11.2. The van der Waals surface area contributed by atoms with Gasteiger partial charge in [-0.05, 0) is 39.2 Å². The lowest BCUT2D eigenvalue weighted by molar-refractivity contribution is 0.448. The number of aromatic amines is 1. The van der Waals surface area contributed by atoms with Crippen LogP contribution in [0.15, 0.2) is 65.5 Å². The molecule has 0 aliphatic heterocycles. The Balaban J connectivity index is 1.78. The summed E-state index contributed by atoms with van der Waals surface area (Å²) in [6, 6.07) is 19.8. The number of hydrogen-bond acceptors (Lipinski definition) is 3. The van der Waals surface area contributed by atoms with Crippen LogP contribution < -0.4 is 5.56 Å². The van der Waals surface area contributed by atoms with E-state index in [1.165, 1.54) is 16.2 Å². The first-order valence-electron chi connectivity index (χ1n) is 7.38. The molecule has 0 radical (unpaired) electrons. The van der Waals surface area contributed by atoms with E-state index in [9.17, 15) is 9.90 Å². The molecule has 1 heterocycles. The van der Waals surface area contributed by atoms with Crippen molar-refractivity contribution >= 4 is 21.5 Å². The molecular weight excluding hydrogens is 288 g/mol. The summed E-state index contributed by atoms with van der Waals surface area (Å²) in [5.74, 6) is 0.200. The van der Waals surface area contributed by atoms with Crippen LogP contribution in [0.1, 0.15) is 11.4 Å². The third kappa shape index (κ3) is 2.66. The molecule has 4 heteroatoms. The number of nitrogens with zero attached hydrogens (tertiary/aromatic N) is 1. The maximum absolute atomic E-state index is 11.4. The zero-order chi connectivity index (χ0) is 15.8. The van der Waals surface area contributed by atoms with Crippen LogP contribution in [0.2, 0.25) is 0 Å². The standard InChI is InChI=1S/C19H14N2O2/c22-18-11-19(23)21-17(20-18)8-12-5-6-15-9-13-3-1-2-4-14(13)10-16(15)7-12/h1-7,9-11H,8H2,(H2,20,21,22,23). The molecular formula is C19H14N2O2. The molecule has 0 spiro atoms. The van der Waals surface area contributed by atoms with Crippen molar-refractivity contribution in [3.63, 3.8) is 0 Å². The van der Waals surface area contributed by atoms with E-state index >= 15 is 0 Å². The Bertz CT molecular complexity index is 1080. The topological polar surface area (TPSA) is 66.0 Å². The fraction of sp³-hybridized carbons (Fsp3) is 0.0526. The number of fused-ring (bicyclic) bond motifs is 2. The van der Waals surface area contributed by atoms with Gasteiger partial charge in [0.15, 0.2) is 0 Å². The number of H-pyrrole nitrogens is 1. The SMILES string of the molecule is O=c1cc(O)nc(Cc2ccc3cc4ccccc4cc3c2)[nH]1. The van der Waals surface area contributed by atoms with Crippen LogP contribution in [0, 0.1) is 0 Å². The van der Waals surface area contributed by atoms with Crippen LogP contribution in [-0.4, -0.2) is 15.1 Å². The highest BCUT2D eigenvalue weighted by Crippen LogP contribution is 2.24. The molecule has 4 rings (SSSR count). The summed E-state index contributed by atoms with van der Waals surface area (Å²) >= 11 is 0. The fourth-order valence-corrected chi connectivity index (χ4v) is 2.87. The minimum absolute atomic E-state index is 0.254. The van der Waals surface area contributed by atoms with E-state index in [0.29, 0.717) is 12.2 Å². The molecule has 0 aliphatic carbocycles. The summed E-state index contributed by atoms with van der Waals surface area (Å²) in [5, 5.41) is 14.2. The van der Waals surface area contributed by atoms with E-state index in [4.69, 9.17) is 0 Å². The largest absolute Gasteiger partial charge is 0.493 e. The molecule has 0 atom stereocenters. The first-order valence-corrected chi connectivity index (χ1v) is 7.38. The molecule has 0 fully saturated rings. The lowest BCUT2D eigenvalue weighted by Gasteiger charge is -2.06. The zero-order valence-corrected chi connectivity index (χ0v) is 12.3. The van der Waals surface area contributed by atoms with E-state index < -0.39 is 0 Å². The number of nitrogens with one attached hydrogen (secondary N) is 1. The Kier molecular flexibility index (Phi) is 3.08. The quantitative estimate of drug-likeness (QED) is 0.558. The van der Waals surface area contributed by atoms with Crippen molar-refractivity contribution in [3.8, 4) is 5.88 Å². The molecule has 0 aliphatic rings. The van der Waals surface area contributed by atoms with Gasteiger partial charge in [-0.3, -0.25) is 4.79 Å². The highest BCUT2D eigenvalue weighted by Gasteiger charge is 2.04. The molecule has 1 aromatic heterocycles. The van der Waals surface area contributed by atoms with Gasteiger partial charge < -0.3 is 10.1 Å². The van der Waals surface area contributed by atoms with Crippen molar-refractivity contribution in [2.24, 2.45) is 0 Å². The minimum atomic E-state index is -0.348. The Hall–Kier alpha value is -3.14. The van der Waals surface area contributed by atoms with Crippen molar-refractivity contribution in [3.05, 3.63) is 82.4 Å². The van der Waals surface area contributed by atoms with Gasteiger partial charge >= 0.3 is 0 Å². The average molecular weight is 302 g/mol. The molecule has 3 aromatic carbocycles. The maximum Gasteiger partial charge on any atom is 0.254 e. The van der Waals surface area contributed by atoms with Crippen LogP contribution in [0.3, 0.4) is 0 Å². The van der Waals surface area contributed by atoms with Crippen LogP contribution >= 0.6 is 0 Å². The summed E-state index contributed by atoms with van der Waals surface area (Å²) in [7, 11) is 0. The smallest absolute Gasteiger partial charge is 0.254 e. The maximum atomic E-state index is 11.4. The third-order valence-electron chi connectivity index (χ3n) is 3.92. The number of aromatic nitrogens is 2. The first kappa shape index (κ1) is 13.5. The Morgan fingerprint density at radius 3 is 2.30 bits per heavy atom. The monoisotopic (exact) mass is 302 g/mol. The second-order valence-corrected chi connectivity index (χ2v) is 5.61. The van der Waals surface area contributed by atoms with Gasteiger partial charge in [0.05, 0.1) is 6.07 Å². The summed E-state index contributed by atoms with van der Waals surface area (Å²) in [4.78, 5) is 18.0. The molecule has 2 N–H and O–H groups in total. The van der Waals surface area contributed by atoms with E-state index in [0.717, 1.165) is 17.0 Å². The predicted molar refractivity (Wildman–Crippen MR) is 90.8 cm³/mol. The summed E-state index contributed by atoms with van der Waals surface area (Å²) in [6.45, 7) is 0. The Labute approximate surface area is 132 Å². The molecule has 112 valence electrons. The minimum Gasteiger partial charge on any atom is -0.493 e. The van der Waals surface area contributed by atoms with E-state index in [1.54, 1.807) is 0 Å². The van der Waals surface area contributed by atoms with Crippen molar-refractivity contribution in [2.75, 3.05) is 0 Å². The highest BCUT2D eigenvalue weighted by atomic mass is 16.3. The van der Waals surface area contributed by atoms with Crippen LogP contribution in [-0.2, 0) is 6.42 Å². The molecule has 0 bridgehead atoms. The van der Waals surface area contributed by atoms with E-state index in [1.807, 2.05) is 18.2 Å². The molecule has 0 saturated heterocycles. The van der Waals surface area contributed by atoms with Crippen molar-refractivity contribution < 1.29 is 5.11 Å². The third-order valence-corrected chi connectivity index (χ3v) is 3.92. The number of aromatic hydroxyl groups is 1. The van der Waals surface area contributed by atoms with E-state index in [-0.39, 0.29) is 11.4 Å². The van der Waals surface area contributed by atoms with Crippen molar-refractivity contribution in [2.45, 2.75) is 6.42 Å². The average Bonchev–Trinajstić information content (AvgIpc) is 2.52. The summed E-state index contributed by atoms with van der Waals surface area (Å²) in [6.07, 6.45) is 0.465. The lowest BCUT2D eigenvalue weighted by atomic mass is 10.0. The fourth-order valence-electron chi connectivity index (χ4n) is 2.87. The van der Waals surface area contributed by atoms with Crippen molar-refractivity contribution in [1.29, 1.82) is 0 Å². The Morgan fingerprint density at radius 1 is 0.870 bits per heavy atom. The molecule has 0 amide bonds. The van der Waals surface area contributed by atoms with Crippen LogP contribution in [0.5, 0.6) is 5.88 Å². The van der Waals surface area contributed by atoms with Gasteiger partial charge in [-0.25, -0.2) is 0 Å². The Morgan fingerprint density at radius 2 is 1.57 bits per heavy atom. The van der Waals surface area contributed by atoms with Crippen LogP contribution in [0.25, 0.3) is 21.5 Å². The molecule has 0 saturated carbocycles. The zero-order valence-electron chi connectivity index (χ0n) is 12.3. The summed E-state index contributed by atoms with van der Waals surface area (Å²) in [5.41, 5.74) is 0.681.